The molecule has 14 heteroatoms. The Morgan fingerprint density at radius 3 is 1.12 bits per heavy atom. The van der Waals surface area contributed by atoms with E-state index in [1.165, 1.54) is 14.1 Å². The van der Waals surface area contributed by atoms with E-state index >= 15 is 0 Å². The molecule has 196 valence electrons. The van der Waals surface area contributed by atoms with Gasteiger partial charge in [0, 0.05) is 25.9 Å². The van der Waals surface area contributed by atoms with Crippen LogP contribution in [0, 0.1) is 0 Å². The van der Waals surface area contributed by atoms with Crippen molar-refractivity contribution in [2.75, 3.05) is 27.2 Å². The fourth-order valence-corrected chi connectivity index (χ4v) is 3.01. The number of rotatable bonds is 18. The molecule has 10 atom stereocenters. The molecule has 0 radical (unpaired) electrons. The standard InChI is InChI=1S/C19H38N2O12/c1-20-6-10(24)14(28)18(32)16(30)12(26)8(22)4-3-5-9(23)13(27)17(31)19(33)15(29)11(25)7-21-2/h10-21,24-33H,3-7H2,1-2H3. The molecule has 0 saturated carbocycles. The Labute approximate surface area is 191 Å². The predicted molar refractivity (Wildman–Crippen MR) is 112 cm³/mol. The van der Waals surface area contributed by atoms with Crippen molar-refractivity contribution in [1.29, 1.82) is 0 Å². The van der Waals surface area contributed by atoms with Crippen LogP contribution in [-0.2, 0) is 9.59 Å². The van der Waals surface area contributed by atoms with Crippen LogP contribution in [0.4, 0.5) is 0 Å². The lowest BCUT2D eigenvalue weighted by Crippen LogP contribution is -2.53. The van der Waals surface area contributed by atoms with E-state index in [1.807, 2.05) is 0 Å². The van der Waals surface area contributed by atoms with Gasteiger partial charge in [-0.1, -0.05) is 0 Å². The van der Waals surface area contributed by atoms with E-state index in [1.54, 1.807) is 0 Å². The fraction of sp³-hybridized carbons (Fsp3) is 0.895. The second-order valence-electron chi connectivity index (χ2n) is 7.87. The van der Waals surface area contributed by atoms with Crippen LogP contribution in [0.1, 0.15) is 19.3 Å². The van der Waals surface area contributed by atoms with E-state index in [0.29, 0.717) is 0 Å². The van der Waals surface area contributed by atoms with E-state index in [9.17, 15) is 60.7 Å². The number of aliphatic hydroxyl groups excluding tert-OH is 10. The van der Waals surface area contributed by atoms with E-state index in [2.05, 4.69) is 10.6 Å². The van der Waals surface area contributed by atoms with Gasteiger partial charge in [0.2, 0.25) is 0 Å². The molecule has 0 spiro atoms. The molecule has 0 aliphatic heterocycles. The first-order valence-corrected chi connectivity index (χ1v) is 10.5. The second kappa shape index (κ2) is 15.7. The Morgan fingerprint density at radius 1 is 0.545 bits per heavy atom. The summed E-state index contributed by atoms with van der Waals surface area (Å²) in [5.41, 5.74) is 0. The van der Waals surface area contributed by atoms with Gasteiger partial charge in [-0.3, -0.25) is 9.59 Å². The number of hydrogen-bond donors (Lipinski definition) is 12. The average molecular weight is 487 g/mol. The van der Waals surface area contributed by atoms with E-state index in [4.69, 9.17) is 0 Å². The Hall–Kier alpha value is -1.14. The van der Waals surface area contributed by atoms with Crippen molar-refractivity contribution in [3.05, 3.63) is 0 Å². The first kappa shape index (κ1) is 31.9. The molecular weight excluding hydrogens is 448 g/mol. The van der Waals surface area contributed by atoms with Crippen molar-refractivity contribution in [3.63, 3.8) is 0 Å². The summed E-state index contributed by atoms with van der Waals surface area (Å²) < 4.78 is 0. The lowest BCUT2D eigenvalue weighted by Gasteiger charge is -2.29. The number of carbonyl (C=O) groups excluding carboxylic acids is 2. The number of carbonyl (C=O) groups is 2. The molecule has 0 saturated heterocycles. The smallest absolute Gasteiger partial charge is 0.164 e. The Bertz CT molecular complexity index is 535. The summed E-state index contributed by atoms with van der Waals surface area (Å²) in [5.74, 6) is -1.99. The fourth-order valence-electron chi connectivity index (χ4n) is 3.01. The van der Waals surface area contributed by atoms with Gasteiger partial charge < -0.3 is 61.7 Å². The van der Waals surface area contributed by atoms with Crippen LogP contribution in [0.15, 0.2) is 0 Å². The zero-order valence-electron chi connectivity index (χ0n) is 18.6. The maximum atomic E-state index is 12.0. The SMILES string of the molecule is CNCC(O)C(O)C(O)C(O)C(O)C(=O)CCCC(=O)C(O)C(O)C(O)C(O)C(O)CNC. The molecule has 0 aromatic rings. The van der Waals surface area contributed by atoms with Crippen LogP contribution in [0.25, 0.3) is 0 Å². The summed E-state index contributed by atoms with van der Waals surface area (Å²) in [6.45, 7) is -0.267. The van der Waals surface area contributed by atoms with E-state index in [0.717, 1.165) is 0 Å². The molecule has 0 heterocycles. The minimum atomic E-state index is -2.13. The summed E-state index contributed by atoms with van der Waals surface area (Å²) in [5, 5.41) is 103. The molecule has 33 heavy (non-hydrogen) atoms. The highest BCUT2D eigenvalue weighted by molar-refractivity contribution is 5.86. The third kappa shape index (κ3) is 9.94. The van der Waals surface area contributed by atoms with Gasteiger partial charge >= 0.3 is 0 Å². The molecule has 14 nitrogen and oxygen atoms in total. The molecule has 0 aromatic carbocycles. The second-order valence-corrected chi connectivity index (χ2v) is 7.87. The molecule has 0 aliphatic carbocycles. The van der Waals surface area contributed by atoms with Gasteiger partial charge in [-0.15, -0.1) is 0 Å². The van der Waals surface area contributed by atoms with Crippen molar-refractivity contribution in [3.8, 4) is 0 Å². The first-order valence-electron chi connectivity index (χ1n) is 10.5. The largest absolute Gasteiger partial charge is 0.389 e. The molecule has 0 fully saturated rings. The van der Waals surface area contributed by atoms with Crippen molar-refractivity contribution >= 4 is 11.6 Å². The van der Waals surface area contributed by atoms with Gasteiger partial charge in [0.15, 0.2) is 11.6 Å². The van der Waals surface area contributed by atoms with Crippen LogP contribution < -0.4 is 10.6 Å². The molecule has 0 aromatic heterocycles. The maximum absolute atomic E-state index is 12.0. The third-order valence-electron chi connectivity index (χ3n) is 5.17. The van der Waals surface area contributed by atoms with Crippen LogP contribution >= 0.6 is 0 Å². The van der Waals surface area contributed by atoms with Gasteiger partial charge in [0.1, 0.15) is 48.8 Å². The van der Waals surface area contributed by atoms with Gasteiger partial charge in [-0.05, 0) is 20.5 Å². The van der Waals surface area contributed by atoms with Gasteiger partial charge in [0.25, 0.3) is 0 Å². The molecule has 12 N–H and O–H groups in total. The van der Waals surface area contributed by atoms with Crippen molar-refractivity contribution in [2.45, 2.75) is 80.3 Å². The zero-order chi connectivity index (χ0) is 25.9. The molecule has 10 unspecified atom stereocenters. The number of ketones is 2. The number of hydrogen-bond acceptors (Lipinski definition) is 14. The van der Waals surface area contributed by atoms with Crippen LogP contribution in [0.5, 0.6) is 0 Å². The predicted octanol–water partition coefficient (Wildman–Crippen LogP) is -6.66. The first-order chi connectivity index (χ1) is 15.3. The van der Waals surface area contributed by atoms with E-state index in [-0.39, 0.29) is 19.5 Å². The van der Waals surface area contributed by atoms with Crippen LogP contribution in [0.3, 0.4) is 0 Å². The Morgan fingerprint density at radius 2 is 0.848 bits per heavy atom. The molecule has 0 aliphatic rings. The van der Waals surface area contributed by atoms with Crippen LogP contribution in [-0.4, -0.2) is 151 Å². The van der Waals surface area contributed by atoms with Crippen molar-refractivity contribution in [1.82, 2.24) is 10.6 Å². The highest BCUT2D eigenvalue weighted by Gasteiger charge is 2.38. The summed E-state index contributed by atoms with van der Waals surface area (Å²) in [4.78, 5) is 24.0. The summed E-state index contributed by atoms with van der Waals surface area (Å²) in [6.07, 6.45) is -20.5. The van der Waals surface area contributed by atoms with Gasteiger partial charge in [-0.2, -0.15) is 0 Å². The summed E-state index contributed by atoms with van der Waals surface area (Å²) >= 11 is 0. The highest BCUT2D eigenvalue weighted by Crippen LogP contribution is 2.14. The summed E-state index contributed by atoms with van der Waals surface area (Å²) in [7, 11) is 2.93. The lowest BCUT2D eigenvalue weighted by atomic mass is 9.93. The summed E-state index contributed by atoms with van der Waals surface area (Å²) in [6, 6.07) is 0. The van der Waals surface area contributed by atoms with Crippen molar-refractivity contribution in [2.24, 2.45) is 0 Å². The normalized spacial score (nSPS) is 21.2. The molecule has 0 amide bonds. The monoisotopic (exact) mass is 486 g/mol. The molecule has 0 bridgehead atoms. The van der Waals surface area contributed by atoms with Crippen LogP contribution in [0.2, 0.25) is 0 Å². The average Bonchev–Trinajstić information content (AvgIpc) is 2.79. The lowest BCUT2D eigenvalue weighted by molar-refractivity contribution is -0.153. The minimum Gasteiger partial charge on any atom is -0.389 e. The van der Waals surface area contributed by atoms with Crippen molar-refractivity contribution < 1.29 is 60.7 Å². The highest BCUT2D eigenvalue weighted by atomic mass is 16.4. The number of Topliss-reactive ketones (excluding diaryl/α,β-unsaturated/α-hetero) is 2. The topological polar surface area (TPSA) is 260 Å². The number of likely N-dealkylation sites (N-methyl/N-ethyl adjacent to an activating group) is 2. The molecule has 0 rings (SSSR count). The maximum Gasteiger partial charge on any atom is 0.164 e. The van der Waals surface area contributed by atoms with E-state index < -0.39 is 85.4 Å². The Kier molecular flexibility index (Phi) is 15.2. The van der Waals surface area contributed by atoms with Gasteiger partial charge in [-0.25, -0.2) is 0 Å². The molecular formula is C19H38N2O12. The number of nitrogens with one attached hydrogen (secondary N) is 2. The quantitative estimate of drug-likeness (QED) is 0.0859. The minimum absolute atomic E-state index is 0.133. The van der Waals surface area contributed by atoms with Gasteiger partial charge in [0.05, 0.1) is 12.2 Å². The Balaban J connectivity index is 4.67. The third-order valence-corrected chi connectivity index (χ3v) is 5.17. The zero-order valence-corrected chi connectivity index (χ0v) is 18.6. The number of aliphatic hydroxyl groups is 10.